The average Bonchev–Trinajstić information content (AvgIpc) is 2.93. The van der Waals surface area contributed by atoms with Crippen LogP contribution < -0.4 is 10.6 Å². The molecule has 2 amide bonds. The topological polar surface area (TPSA) is 98.7 Å². The van der Waals surface area contributed by atoms with Crippen LogP contribution in [0, 0.1) is 0 Å². The van der Waals surface area contributed by atoms with Crippen molar-refractivity contribution in [2.75, 3.05) is 10.6 Å². The number of rotatable bonds is 16. The Bertz CT molecular complexity index is 1160. The molecule has 6 nitrogen and oxygen atoms in total. The molecule has 0 atom stereocenters. The lowest BCUT2D eigenvalue weighted by Crippen LogP contribution is -2.16. The number of hydrogen-bond acceptors (Lipinski definition) is 4. The molecule has 0 spiro atoms. The second-order valence-corrected chi connectivity index (χ2v) is 10.4. The van der Waals surface area contributed by atoms with Crippen molar-refractivity contribution >= 4 is 23.2 Å². The van der Waals surface area contributed by atoms with E-state index in [0.29, 0.717) is 11.4 Å². The Hall–Kier alpha value is -3.80. The zero-order chi connectivity index (χ0) is 28.7. The maximum atomic E-state index is 13.2. The van der Waals surface area contributed by atoms with Gasteiger partial charge in [0.25, 0.3) is 11.8 Å². The highest BCUT2D eigenvalue weighted by atomic mass is 16.3. The molecule has 214 valence electrons. The van der Waals surface area contributed by atoms with Crippen molar-refractivity contribution in [2.24, 2.45) is 0 Å². The van der Waals surface area contributed by atoms with Gasteiger partial charge in [-0.15, -0.1) is 0 Å². The van der Waals surface area contributed by atoms with Crippen LogP contribution in [-0.4, -0.2) is 22.0 Å². The van der Waals surface area contributed by atoms with E-state index in [4.69, 9.17) is 0 Å². The lowest BCUT2D eigenvalue weighted by atomic mass is 9.99. The highest BCUT2D eigenvalue weighted by Gasteiger charge is 2.18. The van der Waals surface area contributed by atoms with Crippen LogP contribution in [0.1, 0.15) is 110 Å². The largest absolute Gasteiger partial charge is 0.507 e. The Labute approximate surface area is 238 Å². The molecule has 3 aromatic carbocycles. The number of amides is 2. The fraction of sp³-hybridized carbons (Fsp3) is 0.412. The van der Waals surface area contributed by atoms with Crippen LogP contribution in [0.4, 0.5) is 11.4 Å². The van der Waals surface area contributed by atoms with Gasteiger partial charge in [0, 0.05) is 11.4 Å². The van der Waals surface area contributed by atoms with Gasteiger partial charge in [-0.2, -0.15) is 0 Å². The summed E-state index contributed by atoms with van der Waals surface area (Å²) < 4.78 is 0. The lowest BCUT2D eigenvalue weighted by molar-refractivity contribution is 0.101. The Morgan fingerprint density at radius 3 is 1.40 bits per heavy atom. The van der Waals surface area contributed by atoms with Crippen molar-refractivity contribution in [3.8, 4) is 11.5 Å². The molecule has 4 N–H and O–H groups in total. The van der Waals surface area contributed by atoms with Crippen LogP contribution in [-0.2, 0) is 12.8 Å². The standard InChI is InChI=1S/C34H44N2O4/c1-3-5-7-9-11-16-25-18-13-22-29(37)31(25)33(39)35-27-20-15-21-28(24-27)36-34(40)32-26(19-14-23-30(32)38)17-12-10-8-6-4-2/h13-15,18-24,37-38H,3-12,16-17H2,1-2H3,(H,35,39)(H,36,40). The SMILES string of the molecule is CCCCCCCc1cccc(O)c1C(=O)Nc1cccc(NC(=O)c2c(O)cccc2CCCCCCC)c1. The van der Waals surface area contributed by atoms with Gasteiger partial charge in [0.05, 0.1) is 11.1 Å². The quantitative estimate of drug-likeness (QED) is 0.136. The van der Waals surface area contributed by atoms with Crippen molar-refractivity contribution in [2.45, 2.75) is 90.9 Å². The van der Waals surface area contributed by atoms with Gasteiger partial charge in [0.1, 0.15) is 11.5 Å². The summed E-state index contributed by atoms with van der Waals surface area (Å²) in [6, 6.07) is 17.2. The van der Waals surface area contributed by atoms with Crippen LogP contribution in [0.5, 0.6) is 11.5 Å². The molecular formula is C34H44N2O4. The number of nitrogens with one attached hydrogen (secondary N) is 2. The van der Waals surface area contributed by atoms with E-state index in [1.54, 1.807) is 36.4 Å². The summed E-state index contributed by atoms with van der Waals surface area (Å²) in [5.41, 5.74) is 3.19. The molecule has 0 aliphatic rings. The van der Waals surface area contributed by atoms with Gasteiger partial charge in [0.2, 0.25) is 0 Å². The van der Waals surface area contributed by atoms with Crippen LogP contribution in [0.25, 0.3) is 0 Å². The summed E-state index contributed by atoms with van der Waals surface area (Å²) in [6.45, 7) is 4.36. The predicted molar refractivity (Wildman–Crippen MR) is 163 cm³/mol. The first-order valence-electron chi connectivity index (χ1n) is 14.8. The van der Waals surface area contributed by atoms with Gasteiger partial charge in [-0.05, 0) is 67.1 Å². The van der Waals surface area contributed by atoms with E-state index in [9.17, 15) is 19.8 Å². The molecule has 0 fully saturated rings. The smallest absolute Gasteiger partial charge is 0.259 e. The summed E-state index contributed by atoms with van der Waals surface area (Å²) in [6.07, 6.45) is 12.6. The van der Waals surface area contributed by atoms with Crippen molar-refractivity contribution in [3.63, 3.8) is 0 Å². The fourth-order valence-electron chi connectivity index (χ4n) is 5.01. The van der Waals surface area contributed by atoms with Gasteiger partial charge in [-0.25, -0.2) is 0 Å². The molecule has 40 heavy (non-hydrogen) atoms. The maximum Gasteiger partial charge on any atom is 0.259 e. The number of carbonyl (C=O) groups excluding carboxylic acids is 2. The summed E-state index contributed by atoms with van der Waals surface area (Å²) in [7, 11) is 0. The summed E-state index contributed by atoms with van der Waals surface area (Å²) >= 11 is 0. The summed E-state index contributed by atoms with van der Waals surface area (Å²) in [4.78, 5) is 26.4. The Balaban J connectivity index is 1.68. The minimum Gasteiger partial charge on any atom is -0.507 e. The molecule has 0 radical (unpaired) electrons. The van der Waals surface area contributed by atoms with E-state index in [1.165, 1.54) is 37.8 Å². The second-order valence-electron chi connectivity index (χ2n) is 10.4. The molecule has 0 unspecified atom stereocenters. The normalized spacial score (nSPS) is 10.8. The van der Waals surface area contributed by atoms with Gasteiger partial charge >= 0.3 is 0 Å². The number of phenolic OH excluding ortho intramolecular Hbond substituents is 2. The van der Waals surface area contributed by atoms with E-state index in [1.807, 2.05) is 12.1 Å². The number of phenols is 2. The first kappa shape index (κ1) is 30.7. The first-order chi connectivity index (χ1) is 19.4. The average molecular weight is 545 g/mol. The third-order valence-corrected chi connectivity index (χ3v) is 7.19. The van der Waals surface area contributed by atoms with E-state index < -0.39 is 11.8 Å². The molecule has 3 aromatic rings. The molecule has 0 saturated carbocycles. The van der Waals surface area contributed by atoms with Crippen molar-refractivity contribution in [1.29, 1.82) is 0 Å². The van der Waals surface area contributed by atoms with E-state index in [0.717, 1.165) is 62.5 Å². The van der Waals surface area contributed by atoms with E-state index in [2.05, 4.69) is 24.5 Å². The highest BCUT2D eigenvalue weighted by molar-refractivity contribution is 6.09. The van der Waals surface area contributed by atoms with Gasteiger partial charge in [-0.3, -0.25) is 9.59 Å². The zero-order valence-corrected chi connectivity index (χ0v) is 24.0. The Morgan fingerprint density at radius 1 is 0.575 bits per heavy atom. The van der Waals surface area contributed by atoms with Crippen molar-refractivity contribution in [1.82, 2.24) is 0 Å². The molecule has 0 bridgehead atoms. The molecule has 0 saturated heterocycles. The molecule has 3 rings (SSSR count). The Morgan fingerprint density at radius 2 is 0.975 bits per heavy atom. The van der Waals surface area contributed by atoms with Crippen LogP contribution in [0.2, 0.25) is 0 Å². The third kappa shape index (κ3) is 9.15. The second kappa shape index (κ2) is 16.3. The van der Waals surface area contributed by atoms with Gasteiger partial charge < -0.3 is 20.8 Å². The number of unbranched alkanes of at least 4 members (excludes halogenated alkanes) is 8. The zero-order valence-electron chi connectivity index (χ0n) is 24.0. The molecule has 6 heteroatoms. The van der Waals surface area contributed by atoms with E-state index in [-0.39, 0.29) is 22.6 Å². The fourth-order valence-corrected chi connectivity index (χ4v) is 5.01. The molecule has 0 aromatic heterocycles. The van der Waals surface area contributed by atoms with Crippen molar-refractivity contribution < 1.29 is 19.8 Å². The predicted octanol–water partition coefficient (Wildman–Crippen LogP) is 8.63. The lowest BCUT2D eigenvalue weighted by Gasteiger charge is -2.14. The number of hydrogen-bond donors (Lipinski definition) is 4. The summed E-state index contributed by atoms with van der Waals surface area (Å²) in [5, 5.41) is 26.7. The van der Waals surface area contributed by atoms with Crippen LogP contribution in [0.15, 0.2) is 60.7 Å². The molecule has 0 aliphatic heterocycles. The summed E-state index contributed by atoms with van der Waals surface area (Å²) in [5.74, 6) is -0.878. The number of carbonyl (C=O) groups is 2. The van der Waals surface area contributed by atoms with Crippen molar-refractivity contribution in [3.05, 3.63) is 82.9 Å². The van der Waals surface area contributed by atoms with Gasteiger partial charge in [0.15, 0.2) is 0 Å². The monoisotopic (exact) mass is 544 g/mol. The minimum absolute atomic E-state index is 0.0465. The number of benzene rings is 3. The maximum absolute atomic E-state index is 13.2. The highest BCUT2D eigenvalue weighted by Crippen LogP contribution is 2.27. The molecular weight excluding hydrogens is 500 g/mol. The van der Waals surface area contributed by atoms with Crippen LogP contribution >= 0.6 is 0 Å². The third-order valence-electron chi connectivity index (χ3n) is 7.19. The van der Waals surface area contributed by atoms with Crippen LogP contribution in [0.3, 0.4) is 0 Å². The Kier molecular flexibility index (Phi) is 12.6. The number of aromatic hydroxyl groups is 2. The minimum atomic E-state index is -0.392. The molecule has 0 heterocycles. The first-order valence-corrected chi connectivity index (χ1v) is 14.8. The number of aryl methyl sites for hydroxylation is 2. The van der Waals surface area contributed by atoms with E-state index >= 15 is 0 Å². The molecule has 0 aliphatic carbocycles. The number of anilines is 2. The van der Waals surface area contributed by atoms with Gasteiger partial charge in [-0.1, -0.05) is 95.5 Å².